The van der Waals surface area contributed by atoms with Crippen LogP contribution in [0.4, 0.5) is 10.8 Å². The van der Waals surface area contributed by atoms with Gasteiger partial charge in [-0.15, -0.1) is 0 Å². The van der Waals surface area contributed by atoms with Gasteiger partial charge in [0.15, 0.2) is 5.13 Å². The zero-order valence-corrected chi connectivity index (χ0v) is 15.6. The molecule has 1 unspecified atom stereocenters. The summed E-state index contributed by atoms with van der Waals surface area (Å²) < 4.78 is 1.06. The van der Waals surface area contributed by atoms with Gasteiger partial charge >= 0.3 is 0 Å². The first-order chi connectivity index (χ1) is 13.8. The number of hydrogen-bond donors (Lipinski definition) is 2. The standard InChI is InChI=1S/C22H16N4OS/c27-21-20(26-22-24-17-12-6-7-13-18(17)28-22)25-19(14-8-2-1-3-9-14)15-10-4-5-11-16(15)23-21/h1-13,20H,(H,23,27)(H,24,26). The van der Waals surface area contributed by atoms with Crippen LogP contribution in [0.1, 0.15) is 11.1 Å². The lowest BCUT2D eigenvalue weighted by Gasteiger charge is -2.12. The summed E-state index contributed by atoms with van der Waals surface area (Å²) in [6, 6.07) is 25.5. The Labute approximate surface area is 165 Å². The molecule has 0 fully saturated rings. The quantitative estimate of drug-likeness (QED) is 0.546. The van der Waals surface area contributed by atoms with E-state index in [9.17, 15) is 4.79 Å². The van der Waals surface area contributed by atoms with Crippen molar-refractivity contribution in [2.75, 3.05) is 10.6 Å². The van der Waals surface area contributed by atoms with Crippen LogP contribution in [0.5, 0.6) is 0 Å². The van der Waals surface area contributed by atoms with Crippen molar-refractivity contribution in [1.82, 2.24) is 4.98 Å². The highest BCUT2D eigenvalue weighted by Crippen LogP contribution is 2.28. The number of thiazole rings is 1. The molecule has 5 nitrogen and oxygen atoms in total. The normalized spacial score (nSPS) is 16.1. The molecule has 0 radical (unpaired) electrons. The first-order valence-electron chi connectivity index (χ1n) is 8.93. The zero-order valence-electron chi connectivity index (χ0n) is 14.8. The van der Waals surface area contributed by atoms with Gasteiger partial charge in [-0.05, 0) is 18.2 Å². The minimum absolute atomic E-state index is 0.211. The van der Waals surface area contributed by atoms with Crippen LogP contribution in [0, 0.1) is 0 Å². The molecule has 1 aromatic heterocycles. The average molecular weight is 384 g/mol. The molecule has 0 spiro atoms. The van der Waals surface area contributed by atoms with Gasteiger partial charge < -0.3 is 10.6 Å². The molecule has 0 bridgehead atoms. The zero-order chi connectivity index (χ0) is 18.9. The average Bonchev–Trinajstić information content (AvgIpc) is 3.08. The van der Waals surface area contributed by atoms with Crippen molar-refractivity contribution in [2.24, 2.45) is 4.99 Å². The summed E-state index contributed by atoms with van der Waals surface area (Å²) in [5.74, 6) is -0.211. The van der Waals surface area contributed by atoms with E-state index in [1.807, 2.05) is 78.9 Å². The van der Waals surface area contributed by atoms with Gasteiger partial charge in [-0.25, -0.2) is 9.98 Å². The van der Waals surface area contributed by atoms with Crippen LogP contribution in [-0.4, -0.2) is 22.8 Å². The fourth-order valence-corrected chi connectivity index (χ4v) is 4.12. The highest BCUT2D eigenvalue weighted by Gasteiger charge is 2.26. The Hall–Kier alpha value is -3.51. The second kappa shape index (κ2) is 6.90. The number of amides is 1. The molecule has 0 aliphatic carbocycles. The van der Waals surface area contributed by atoms with Crippen LogP contribution in [0.15, 0.2) is 83.9 Å². The summed E-state index contributed by atoms with van der Waals surface area (Å²) in [5, 5.41) is 6.86. The SMILES string of the molecule is O=C1Nc2ccccc2C(c2ccccc2)=NC1Nc1nc2ccccc2s1. The maximum Gasteiger partial charge on any atom is 0.269 e. The van der Waals surface area contributed by atoms with Gasteiger partial charge in [0.05, 0.1) is 21.6 Å². The van der Waals surface area contributed by atoms with Gasteiger partial charge in [-0.3, -0.25) is 4.79 Å². The van der Waals surface area contributed by atoms with Crippen molar-refractivity contribution in [1.29, 1.82) is 0 Å². The number of hydrogen-bond acceptors (Lipinski definition) is 5. The van der Waals surface area contributed by atoms with Gasteiger partial charge in [0.25, 0.3) is 5.91 Å². The maximum atomic E-state index is 12.9. The fourth-order valence-electron chi connectivity index (χ4n) is 3.23. The lowest BCUT2D eigenvalue weighted by atomic mass is 10.0. The molecule has 1 atom stereocenters. The van der Waals surface area contributed by atoms with E-state index in [2.05, 4.69) is 15.6 Å². The molecule has 5 rings (SSSR count). The Morgan fingerprint density at radius 2 is 1.64 bits per heavy atom. The molecular formula is C22H16N4OS. The van der Waals surface area contributed by atoms with E-state index in [-0.39, 0.29) is 5.91 Å². The van der Waals surface area contributed by atoms with E-state index in [0.29, 0.717) is 5.13 Å². The molecule has 1 aliphatic rings. The summed E-state index contributed by atoms with van der Waals surface area (Å²) >= 11 is 1.51. The van der Waals surface area contributed by atoms with Crippen molar-refractivity contribution in [3.63, 3.8) is 0 Å². The van der Waals surface area contributed by atoms with Crippen LogP contribution in [0.2, 0.25) is 0 Å². The molecule has 0 saturated carbocycles. The van der Waals surface area contributed by atoms with Gasteiger partial charge in [0.1, 0.15) is 0 Å². The summed E-state index contributed by atoms with van der Waals surface area (Å²) in [7, 11) is 0. The highest BCUT2D eigenvalue weighted by molar-refractivity contribution is 7.22. The summed E-state index contributed by atoms with van der Waals surface area (Å²) in [6.45, 7) is 0. The maximum absolute atomic E-state index is 12.9. The first-order valence-corrected chi connectivity index (χ1v) is 9.75. The minimum Gasteiger partial charge on any atom is -0.332 e. The predicted octanol–water partition coefficient (Wildman–Crippen LogP) is 4.52. The lowest BCUT2D eigenvalue weighted by molar-refractivity contribution is -0.116. The summed E-state index contributed by atoms with van der Waals surface area (Å²) in [5.41, 5.74) is 4.29. The molecule has 28 heavy (non-hydrogen) atoms. The van der Waals surface area contributed by atoms with Gasteiger partial charge in [-0.1, -0.05) is 72.0 Å². The number of aliphatic imine (C=N–C) groups is 1. The molecule has 2 heterocycles. The van der Waals surface area contributed by atoms with E-state index < -0.39 is 6.17 Å². The highest BCUT2D eigenvalue weighted by atomic mass is 32.1. The van der Waals surface area contributed by atoms with Crippen LogP contribution < -0.4 is 10.6 Å². The van der Waals surface area contributed by atoms with Crippen LogP contribution >= 0.6 is 11.3 Å². The second-order valence-corrected chi connectivity index (χ2v) is 7.44. The fraction of sp³-hybridized carbons (Fsp3) is 0.0455. The molecule has 1 amide bonds. The van der Waals surface area contributed by atoms with Crippen molar-refractivity contribution >= 4 is 44.0 Å². The number of carbonyl (C=O) groups excluding carboxylic acids is 1. The Morgan fingerprint density at radius 3 is 2.50 bits per heavy atom. The largest absolute Gasteiger partial charge is 0.332 e. The Bertz CT molecular complexity index is 1170. The molecular weight excluding hydrogens is 368 g/mol. The molecule has 2 N–H and O–H groups in total. The number of nitrogens with one attached hydrogen (secondary N) is 2. The first kappa shape index (κ1) is 16.6. The van der Waals surface area contributed by atoms with Crippen molar-refractivity contribution in [3.05, 3.63) is 90.0 Å². The Morgan fingerprint density at radius 1 is 0.893 bits per heavy atom. The van der Waals surface area contributed by atoms with Crippen molar-refractivity contribution < 1.29 is 4.79 Å². The topological polar surface area (TPSA) is 66.4 Å². The third kappa shape index (κ3) is 3.04. The van der Waals surface area contributed by atoms with E-state index in [4.69, 9.17) is 4.99 Å². The smallest absolute Gasteiger partial charge is 0.269 e. The third-order valence-electron chi connectivity index (χ3n) is 4.55. The molecule has 136 valence electrons. The molecule has 3 aromatic carbocycles. The van der Waals surface area contributed by atoms with E-state index >= 15 is 0 Å². The monoisotopic (exact) mass is 384 g/mol. The summed E-state index contributed by atoms with van der Waals surface area (Å²) in [6.07, 6.45) is -0.775. The molecule has 6 heteroatoms. The second-order valence-electron chi connectivity index (χ2n) is 6.41. The third-order valence-corrected chi connectivity index (χ3v) is 5.52. The summed E-state index contributed by atoms with van der Waals surface area (Å²) in [4.78, 5) is 22.2. The molecule has 0 saturated heterocycles. The van der Waals surface area contributed by atoms with Crippen molar-refractivity contribution in [2.45, 2.75) is 6.17 Å². The number of carbonyl (C=O) groups is 1. The molecule has 4 aromatic rings. The Balaban J connectivity index is 1.58. The number of rotatable bonds is 3. The van der Waals surface area contributed by atoms with Crippen molar-refractivity contribution in [3.8, 4) is 0 Å². The van der Waals surface area contributed by atoms with Gasteiger partial charge in [0.2, 0.25) is 6.17 Å². The van der Waals surface area contributed by atoms with Gasteiger partial charge in [-0.2, -0.15) is 0 Å². The Kier molecular flexibility index (Phi) is 4.10. The van der Waals surface area contributed by atoms with Crippen LogP contribution in [0.3, 0.4) is 0 Å². The number of benzodiazepines with no additional fused rings is 1. The van der Waals surface area contributed by atoms with E-state index in [1.165, 1.54) is 11.3 Å². The number of nitrogens with zero attached hydrogens (tertiary/aromatic N) is 2. The predicted molar refractivity (Wildman–Crippen MR) is 114 cm³/mol. The number of fused-ring (bicyclic) bond motifs is 2. The van der Waals surface area contributed by atoms with Crippen LogP contribution in [-0.2, 0) is 4.79 Å². The lowest BCUT2D eigenvalue weighted by Crippen LogP contribution is -2.32. The number of benzene rings is 3. The number of para-hydroxylation sites is 2. The number of aromatic nitrogens is 1. The van der Waals surface area contributed by atoms with E-state index in [1.54, 1.807) is 0 Å². The number of anilines is 2. The van der Waals surface area contributed by atoms with Crippen LogP contribution in [0.25, 0.3) is 10.2 Å². The minimum atomic E-state index is -0.775. The molecule has 1 aliphatic heterocycles. The van der Waals surface area contributed by atoms with Gasteiger partial charge in [0, 0.05) is 11.1 Å². The van der Waals surface area contributed by atoms with E-state index in [0.717, 1.165) is 32.7 Å².